The molecule has 0 N–H and O–H groups in total. The summed E-state index contributed by atoms with van der Waals surface area (Å²) in [6.45, 7) is 10.1. The van der Waals surface area contributed by atoms with E-state index in [1.807, 2.05) is 18.7 Å². The molecule has 0 bridgehead atoms. The molecule has 1 atom stereocenters. The number of rotatable bonds is 5. The number of hydrogen-bond acceptors (Lipinski definition) is 1. The van der Waals surface area contributed by atoms with E-state index in [9.17, 15) is 4.79 Å². The van der Waals surface area contributed by atoms with Crippen LogP contribution in [0.5, 0.6) is 0 Å². The van der Waals surface area contributed by atoms with Crippen molar-refractivity contribution in [1.82, 2.24) is 4.90 Å². The molecular formula is C10H21NO. The summed E-state index contributed by atoms with van der Waals surface area (Å²) >= 11 is 0. The monoisotopic (exact) mass is 171 g/mol. The molecule has 0 spiro atoms. The van der Waals surface area contributed by atoms with Crippen LogP contribution in [0.25, 0.3) is 0 Å². The number of amides is 1. The molecule has 0 aromatic rings. The largest absolute Gasteiger partial charge is 0.343 e. The van der Waals surface area contributed by atoms with Crippen LogP contribution in [0.3, 0.4) is 0 Å². The molecule has 1 unspecified atom stereocenters. The Labute approximate surface area is 75.9 Å². The van der Waals surface area contributed by atoms with Crippen LogP contribution in [0.2, 0.25) is 0 Å². The van der Waals surface area contributed by atoms with Gasteiger partial charge in [-0.05, 0) is 12.8 Å². The van der Waals surface area contributed by atoms with Crippen LogP contribution in [0.1, 0.15) is 40.5 Å². The van der Waals surface area contributed by atoms with Crippen LogP contribution in [0.4, 0.5) is 0 Å². The maximum atomic E-state index is 11.3. The quantitative estimate of drug-likeness (QED) is 0.621. The van der Waals surface area contributed by atoms with Gasteiger partial charge in [0, 0.05) is 19.5 Å². The second-order valence-corrected chi connectivity index (χ2v) is 3.30. The molecule has 0 rings (SSSR count). The molecule has 2 heteroatoms. The minimum atomic E-state index is 0.276. The Morgan fingerprint density at radius 2 is 1.92 bits per heavy atom. The normalized spacial score (nSPS) is 12.7. The molecule has 0 radical (unpaired) electrons. The van der Waals surface area contributed by atoms with Crippen LogP contribution in [-0.4, -0.2) is 23.9 Å². The van der Waals surface area contributed by atoms with Crippen molar-refractivity contribution in [3.63, 3.8) is 0 Å². The summed E-state index contributed by atoms with van der Waals surface area (Å²) in [5.41, 5.74) is 0. The fourth-order valence-electron chi connectivity index (χ4n) is 1.14. The zero-order valence-corrected chi connectivity index (χ0v) is 8.76. The number of hydrogen-bond donors (Lipinski definition) is 0. The Bertz CT molecular complexity index is 134. The lowest BCUT2D eigenvalue weighted by atomic mass is 10.1. The summed E-state index contributed by atoms with van der Waals surface area (Å²) in [5, 5.41) is 0. The molecule has 0 aliphatic carbocycles. The average Bonchev–Trinajstić information content (AvgIpc) is 2.12. The third-order valence-corrected chi connectivity index (χ3v) is 2.27. The van der Waals surface area contributed by atoms with E-state index in [1.54, 1.807) is 0 Å². The lowest BCUT2D eigenvalue weighted by molar-refractivity contribution is -0.131. The third kappa shape index (κ3) is 3.74. The van der Waals surface area contributed by atoms with Crippen molar-refractivity contribution in [2.45, 2.75) is 40.5 Å². The molecule has 0 saturated heterocycles. The van der Waals surface area contributed by atoms with Crippen molar-refractivity contribution in [1.29, 1.82) is 0 Å². The fraction of sp³-hybridized carbons (Fsp3) is 0.900. The molecule has 72 valence electrons. The van der Waals surface area contributed by atoms with Gasteiger partial charge >= 0.3 is 0 Å². The van der Waals surface area contributed by atoms with E-state index >= 15 is 0 Å². The smallest absolute Gasteiger partial charge is 0.222 e. The Kier molecular flexibility index (Phi) is 5.77. The van der Waals surface area contributed by atoms with Gasteiger partial charge in [-0.1, -0.05) is 27.2 Å². The molecule has 0 aliphatic rings. The zero-order chi connectivity index (χ0) is 9.56. The highest BCUT2D eigenvalue weighted by molar-refractivity contribution is 5.75. The van der Waals surface area contributed by atoms with E-state index in [4.69, 9.17) is 0 Å². The van der Waals surface area contributed by atoms with Crippen LogP contribution < -0.4 is 0 Å². The second-order valence-electron chi connectivity index (χ2n) is 3.30. The summed E-state index contributed by atoms with van der Waals surface area (Å²) < 4.78 is 0. The molecule has 0 saturated carbocycles. The first kappa shape index (κ1) is 11.5. The van der Waals surface area contributed by atoms with Crippen molar-refractivity contribution >= 4 is 5.91 Å². The second kappa shape index (κ2) is 6.04. The molecule has 12 heavy (non-hydrogen) atoms. The van der Waals surface area contributed by atoms with E-state index in [0.29, 0.717) is 12.3 Å². The number of nitrogens with zero attached hydrogens (tertiary/aromatic N) is 1. The van der Waals surface area contributed by atoms with Gasteiger partial charge in [0.15, 0.2) is 0 Å². The number of carbonyl (C=O) groups excluding carboxylic acids is 1. The van der Waals surface area contributed by atoms with Gasteiger partial charge < -0.3 is 4.90 Å². The van der Waals surface area contributed by atoms with E-state index in [-0.39, 0.29) is 5.91 Å². The Hall–Kier alpha value is -0.530. The minimum Gasteiger partial charge on any atom is -0.343 e. The van der Waals surface area contributed by atoms with Crippen molar-refractivity contribution in [2.24, 2.45) is 5.92 Å². The van der Waals surface area contributed by atoms with Crippen molar-refractivity contribution in [2.75, 3.05) is 13.1 Å². The van der Waals surface area contributed by atoms with E-state index in [0.717, 1.165) is 19.5 Å². The van der Waals surface area contributed by atoms with Crippen LogP contribution in [-0.2, 0) is 4.79 Å². The third-order valence-electron chi connectivity index (χ3n) is 2.27. The summed E-state index contributed by atoms with van der Waals surface area (Å²) in [7, 11) is 0. The van der Waals surface area contributed by atoms with Crippen LogP contribution in [0.15, 0.2) is 0 Å². The minimum absolute atomic E-state index is 0.276. The molecule has 2 nitrogen and oxygen atoms in total. The SMILES string of the molecule is CCC(=O)N(CC)CC(C)CC. The summed E-state index contributed by atoms with van der Waals surface area (Å²) in [4.78, 5) is 13.3. The standard InChI is InChI=1S/C10H21NO/c1-5-9(4)8-11(7-3)10(12)6-2/h9H,5-8H2,1-4H3. The topological polar surface area (TPSA) is 20.3 Å². The van der Waals surface area contributed by atoms with Gasteiger partial charge in [-0.25, -0.2) is 0 Å². The highest BCUT2D eigenvalue weighted by Gasteiger charge is 2.11. The van der Waals surface area contributed by atoms with Crippen molar-refractivity contribution in [3.8, 4) is 0 Å². The van der Waals surface area contributed by atoms with Gasteiger partial charge in [-0.15, -0.1) is 0 Å². The molecule has 1 amide bonds. The van der Waals surface area contributed by atoms with Crippen LogP contribution >= 0.6 is 0 Å². The van der Waals surface area contributed by atoms with Gasteiger partial charge in [0.25, 0.3) is 0 Å². The Balaban J connectivity index is 3.90. The van der Waals surface area contributed by atoms with Gasteiger partial charge in [-0.3, -0.25) is 4.79 Å². The summed E-state index contributed by atoms with van der Waals surface area (Å²) in [6, 6.07) is 0. The first-order valence-corrected chi connectivity index (χ1v) is 4.93. The molecule has 0 heterocycles. The lowest BCUT2D eigenvalue weighted by Gasteiger charge is -2.23. The highest BCUT2D eigenvalue weighted by atomic mass is 16.2. The maximum Gasteiger partial charge on any atom is 0.222 e. The maximum absolute atomic E-state index is 11.3. The van der Waals surface area contributed by atoms with Crippen LogP contribution in [0, 0.1) is 5.92 Å². The van der Waals surface area contributed by atoms with E-state index < -0.39 is 0 Å². The zero-order valence-electron chi connectivity index (χ0n) is 8.76. The van der Waals surface area contributed by atoms with Crippen molar-refractivity contribution in [3.05, 3.63) is 0 Å². The molecule has 0 aromatic carbocycles. The average molecular weight is 171 g/mol. The highest BCUT2D eigenvalue weighted by Crippen LogP contribution is 2.05. The van der Waals surface area contributed by atoms with E-state index in [1.165, 1.54) is 0 Å². The molecule has 0 aliphatic heterocycles. The predicted octanol–water partition coefficient (Wildman–Crippen LogP) is 2.29. The number of carbonyl (C=O) groups is 1. The van der Waals surface area contributed by atoms with E-state index in [2.05, 4.69) is 13.8 Å². The first-order chi connectivity index (χ1) is 5.65. The van der Waals surface area contributed by atoms with Gasteiger partial charge in [0.1, 0.15) is 0 Å². The van der Waals surface area contributed by atoms with Gasteiger partial charge in [0.05, 0.1) is 0 Å². The van der Waals surface area contributed by atoms with Gasteiger partial charge in [-0.2, -0.15) is 0 Å². The Morgan fingerprint density at radius 1 is 1.33 bits per heavy atom. The molecule has 0 aromatic heterocycles. The first-order valence-electron chi connectivity index (χ1n) is 4.93. The van der Waals surface area contributed by atoms with Crippen molar-refractivity contribution < 1.29 is 4.79 Å². The molecule has 0 fully saturated rings. The summed E-state index contributed by atoms with van der Waals surface area (Å²) in [5.74, 6) is 0.901. The fourth-order valence-corrected chi connectivity index (χ4v) is 1.14. The summed E-state index contributed by atoms with van der Waals surface area (Å²) in [6.07, 6.45) is 1.78. The lowest BCUT2D eigenvalue weighted by Crippen LogP contribution is -2.33. The van der Waals surface area contributed by atoms with Gasteiger partial charge in [0.2, 0.25) is 5.91 Å². The molecular weight excluding hydrogens is 150 g/mol. The Morgan fingerprint density at radius 3 is 2.25 bits per heavy atom. The predicted molar refractivity (Wildman–Crippen MR) is 52.0 cm³/mol.